The normalized spacial score (nSPS) is 31.4. The van der Waals surface area contributed by atoms with Gasteiger partial charge in [0.05, 0.1) is 31.3 Å². The molecule has 0 aromatic rings. The van der Waals surface area contributed by atoms with Crippen LogP contribution in [0.3, 0.4) is 0 Å². The smallest absolute Gasteiger partial charge is 0.230 e. The molecule has 0 aliphatic carbocycles. The molecule has 3 N–H and O–H groups in total. The molecule has 1 aliphatic heterocycles. The Labute approximate surface area is 96.7 Å². The van der Waals surface area contributed by atoms with E-state index in [4.69, 9.17) is 15.2 Å². The van der Waals surface area contributed by atoms with Crippen molar-refractivity contribution in [3.63, 3.8) is 0 Å². The molecule has 0 bridgehead atoms. The highest BCUT2D eigenvalue weighted by atomic mass is 16.5. The number of ether oxygens (including phenoxy) is 2. The van der Waals surface area contributed by atoms with E-state index in [9.17, 15) is 4.79 Å². The van der Waals surface area contributed by atoms with Gasteiger partial charge in [0.25, 0.3) is 0 Å². The molecule has 0 aromatic carbocycles. The molecule has 1 heterocycles. The molecule has 16 heavy (non-hydrogen) atoms. The molecule has 0 spiro atoms. The number of hydrogen-bond donors (Lipinski definition) is 2. The van der Waals surface area contributed by atoms with Crippen molar-refractivity contribution < 1.29 is 14.3 Å². The van der Waals surface area contributed by atoms with Gasteiger partial charge in [-0.05, 0) is 13.3 Å². The third-order valence-electron chi connectivity index (χ3n) is 3.23. The Balaban J connectivity index is 2.56. The lowest BCUT2D eigenvalue weighted by molar-refractivity contribution is -0.131. The van der Waals surface area contributed by atoms with Crippen molar-refractivity contribution in [3.05, 3.63) is 0 Å². The number of hydrogen-bond acceptors (Lipinski definition) is 4. The summed E-state index contributed by atoms with van der Waals surface area (Å²) in [4.78, 5) is 12.1. The zero-order chi connectivity index (χ0) is 12.2. The Hall–Kier alpha value is -0.650. The first-order valence-electron chi connectivity index (χ1n) is 5.67. The molecule has 0 aromatic heterocycles. The fourth-order valence-electron chi connectivity index (χ4n) is 1.74. The van der Waals surface area contributed by atoms with Crippen LogP contribution >= 0.6 is 0 Å². The number of rotatable bonds is 5. The van der Waals surface area contributed by atoms with Crippen molar-refractivity contribution in [2.45, 2.75) is 32.4 Å². The Morgan fingerprint density at radius 2 is 2.44 bits per heavy atom. The maximum absolute atomic E-state index is 12.1. The number of nitrogens with two attached hydrogens (primary N) is 1. The van der Waals surface area contributed by atoms with E-state index in [-0.39, 0.29) is 18.0 Å². The first-order valence-corrected chi connectivity index (χ1v) is 5.67. The van der Waals surface area contributed by atoms with Crippen molar-refractivity contribution in [1.82, 2.24) is 5.32 Å². The Morgan fingerprint density at radius 3 is 2.88 bits per heavy atom. The van der Waals surface area contributed by atoms with Crippen LogP contribution in [0.4, 0.5) is 0 Å². The van der Waals surface area contributed by atoms with Crippen LogP contribution in [0.15, 0.2) is 0 Å². The molecule has 5 nitrogen and oxygen atoms in total. The van der Waals surface area contributed by atoms with Crippen molar-refractivity contribution in [3.8, 4) is 0 Å². The molecule has 1 fully saturated rings. The van der Waals surface area contributed by atoms with Gasteiger partial charge in [-0.15, -0.1) is 0 Å². The standard InChI is InChI=1S/C11H22N2O3/c1-4-8(5-15-3)13-10(14)11(2)7-16-6-9(11)12/h8-9H,4-7,12H2,1-3H3,(H,13,14). The fourth-order valence-corrected chi connectivity index (χ4v) is 1.74. The van der Waals surface area contributed by atoms with Gasteiger partial charge in [-0.25, -0.2) is 0 Å². The fraction of sp³-hybridized carbons (Fsp3) is 0.909. The highest BCUT2D eigenvalue weighted by Crippen LogP contribution is 2.27. The topological polar surface area (TPSA) is 73.6 Å². The molecule has 0 saturated carbocycles. The highest BCUT2D eigenvalue weighted by Gasteiger charge is 2.44. The van der Waals surface area contributed by atoms with Crippen molar-refractivity contribution in [1.29, 1.82) is 0 Å². The van der Waals surface area contributed by atoms with E-state index in [0.29, 0.717) is 19.8 Å². The highest BCUT2D eigenvalue weighted by molar-refractivity contribution is 5.83. The molecule has 3 atom stereocenters. The summed E-state index contributed by atoms with van der Waals surface area (Å²) in [6, 6.07) is -0.185. The van der Waals surface area contributed by atoms with Gasteiger partial charge in [-0.3, -0.25) is 4.79 Å². The van der Waals surface area contributed by atoms with Gasteiger partial charge < -0.3 is 20.5 Å². The maximum atomic E-state index is 12.1. The number of carbonyl (C=O) groups is 1. The van der Waals surface area contributed by atoms with Crippen LogP contribution in [0, 0.1) is 5.41 Å². The monoisotopic (exact) mass is 230 g/mol. The van der Waals surface area contributed by atoms with E-state index in [2.05, 4.69) is 5.32 Å². The Kier molecular flexibility index (Phi) is 4.70. The molecule has 0 radical (unpaired) electrons. The predicted octanol–water partition coefficient (Wildman–Crippen LogP) is -0.109. The van der Waals surface area contributed by atoms with E-state index in [1.807, 2.05) is 13.8 Å². The molecule has 5 heteroatoms. The molecular formula is C11H22N2O3. The lowest BCUT2D eigenvalue weighted by Gasteiger charge is -2.28. The quantitative estimate of drug-likeness (QED) is 0.691. The summed E-state index contributed by atoms with van der Waals surface area (Å²) in [7, 11) is 1.63. The van der Waals surface area contributed by atoms with Crippen molar-refractivity contribution in [2.75, 3.05) is 26.9 Å². The summed E-state index contributed by atoms with van der Waals surface area (Å²) in [6.45, 7) is 5.22. The average molecular weight is 230 g/mol. The molecular weight excluding hydrogens is 208 g/mol. The second-order valence-corrected chi connectivity index (χ2v) is 4.57. The second-order valence-electron chi connectivity index (χ2n) is 4.57. The van der Waals surface area contributed by atoms with Crippen LogP contribution in [0.2, 0.25) is 0 Å². The van der Waals surface area contributed by atoms with Crippen molar-refractivity contribution in [2.24, 2.45) is 11.1 Å². The van der Waals surface area contributed by atoms with Crippen molar-refractivity contribution >= 4 is 5.91 Å². The van der Waals surface area contributed by atoms with E-state index < -0.39 is 5.41 Å². The molecule has 1 aliphatic rings. The van der Waals surface area contributed by atoms with Gasteiger partial charge in [-0.2, -0.15) is 0 Å². The summed E-state index contributed by atoms with van der Waals surface area (Å²) in [6.07, 6.45) is 0.839. The minimum atomic E-state index is -0.610. The number of nitrogens with one attached hydrogen (secondary N) is 1. The number of methoxy groups -OCH3 is 1. The summed E-state index contributed by atoms with van der Waals surface area (Å²) in [5.41, 5.74) is 5.28. The van der Waals surface area contributed by atoms with E-state index in [1.54, 1.807) is 7.11 Å². The van der Waals surface area contributed by atoms with Crippen LogP contribution in [0.25, 0.3) is 0 Å². The predicted molar refractivity (Wildman–Crippen MR) is 61.0 cm³/mol. The van der Waals surface area contributed by atoms with Gasteiger partial charge in [0, 0.05) is 13.2 Å². The first-order chi connectivity index (χ1) is 7.54. The van der Waals surface area contributed by atoms with Crippen LogP contribution in [-0.2, 0) is 14.3 Å². The molecule has 1 saturated heterocycles. The zero-order valence-electron chi connectivity index (χ0n) is 10.3. The summed E-state index contributed by atoms with van der Waals surface area (Å²) < 4.78 is 10.3. The van der Waals surface area contributed by atoms with Gasteiger partial charge in [0.1, 0.15) is 0 Å². The van der Waals surface area contributed by atoms with Gasteiger partial charge >= 0.3 is 0 Å². The van der Waals surface area contributed by atoms with E-state index in [0.717, 1.165) is 6.42 Å². The lowest BCUT2D eigenvalue weighted by Crippen LogP contribution is -2.53. The average Bonchev–Trinajstić information content (AvgIpc) is 2.60. The summed E-state index contributed by atoms with van der Waals surface area (Å²) in [5, 5.41) is 2.96. The maximum Gasteiger partial charge on any atom is 0.230 e. The molecule has 94 valence electrons. The van der Waals surface area contributed by atoms with E-state index >= 15 is 0 Å². The summed E-state index contributed by atoms with van der Waals surface area (Å²) in [5.74, 6) is -0.0404. The van der Waals surface area contributed by atoms with E-state index in [1.165, 1.54) is 0 Å². The lowest BCUT2D eigenvalue weighted by atomic mass is 9.84. The van der Waals surface area contributed by atoms with Gasteiger partial charge in [0.2, 0.25) is 5.91 Å². The second kappa shape index (κ2) is 5.61. The van der Waals surface area contributed by atoms with Gasteiger partial charge in [-0.1, -0.05) is 6.92 Å². The third kappa shape index (κ3) is 2.72. The molecule has 1 rings (SSSR count). The van der Waals surface area contributed by atoms with Gasteiger partial charge in [0.15, 0.2) is 0 Å². The SMILES string of the molecule is CCC(COC)NC(=O)C1(C)COCC1N. The molecule has 1 amide bonds. The Morgan fingerprint density at radius 1 is 1.75 bits per heavy atom. The van der Waals surface area contributed by atoms with Crippen LogP contribution in [0.1, 0.15) is 20.3 Å². The first kappa shape index (κ1) is 13.4. The largest absolute Gasteiger partial charge is 0.383 e. The van der Waals surface area contributed by atoms with Crippen LogP contribution < -0.4 is 11.1 Å². The Bertz CT molecular complexity index is 247. The molecule has 3 unspecified atom stereocenters. The minimum Gasteiger partial charge on any atom is -0.383 e. The third-order valence-corrected chi connectivity index (χ3v) is 3.23. The number of carbonyl (C=O) groups excluding carboxylic acids is 1. The number of amides is 1. The van der Waals surface area contributed by atoms with Crippen LogP contribution in [0.5, 0.6) is 0 Å². The summed E-state index contributed by atoms with van der Waals surface area (Å²) >= 11 is 0. The van der Waals surface area contributed by atoms with Crippen LogP contribution in [-0.4, -0.2) is 44.9 Å². The zero-order valence-corrected chi connectivity index (χ0v) is 10.3. The minimum absolute atomic E-state index is 0.0404.